The molecule has 0 aliphatic rings. The lowest BCUT2D eigenvalue weighted by Gasteiger charge is -2.15. The fourth-order valence-corrected chi connectivity index (χ4v) is 3.45. The summed E-state index contributed by atoms with van der Waals surface area (Å²) in [5, 5.41) is 14.3. The quantitative estimate of drug-likeness (QED) is 0.424. The Morgan fingerprint density at radius 3 is 2.41 bits per heavy atom. The van der Waals surface area contributed by atoms with E-state index in [2.05, 4.69) is 33.5 Å². The van der Waals surface area contributed by atoms with Crippen LogP contribution in [0, 0.1) is 11.3 Å². The van der Waals surface area contributed by atoms with Crippen molar-refractivity contribution in [2.24, 2.45) is 0 Å². The zero-order valence-electron chi connectivity index (χ0n) is 15.1. The molecule has 0 spiro atoms. The van der Waals surface area contributed by atoms with Gasteiger partial charge in [0.2, 0.25) is 0 Å². The highest BCUT2D eigenvalue weighted by molar-refractivity contribution is 7.98. The summed E-state index contributed by atoms with van der Waals surface area (Å²) in [4.78, 5) is 9.27. The van der Waals surface area contributed by atoms with E-state index in [0.29, 0.717) is 27.3 Å². The number of benzene rings is 2. The third-order valence-corrected chi connectivity index (χ3v) is 4.92. The topological polar surface area (TPSA) is 61.6 Å². The molecular weight excluding hydrogens is 376 g/mol. The Bertz CT molecular complexity index is 950. The minimum absolute atomic E-state index is 0.150. The number of hydrogen-bond donors (Lipinski definition) is 1. The Morgan fingerprint density at radius 1 is 1.07 bits per heavy atom. The van der Waals surface area contributed by atoms with Crippen molar-refractivity contribution >= 4 is 29.2 Å². The van der Waals surface area contributed by atoms with Gasteiger partial charge >= 0.3 is 0 Å². The summed E-state index contributed by atoms with van der Waals surface area (Å²) in [6.45, 7) is 4.03. The predicted octanol–water partition coefficient (Wildman–Crippen LogP) is 5.78. The zero-order valence-corrected chi connectivity index (χ0v) is 16.7. The first-order valence-corrected chi connectivity index (χ1v) is 9.94. The number of nitrogens with zero attached hydrogens (tertiary/aromatic N) is 3. The molecule has 0 amide bonds. The standard InChI is InChI=1S/C21H19ClN4S/c1-14(2)24-20-18(12-23)19(16-8-10-17(22)11-9-16)25-21(26-20)27-13-15-6-4-3-5-7-15/h3-11,14H,13H2,1-2H3,(H,24,25,26). The van der Waals surface area contributed by atoms with Crippen LogP contribution in [0.3, 0.4) is 0 Å². The van der Waals surface area contributed by atoms with Crippen molar-refractivity contribution < 1.29 is 0 Å². The maximum Gasteiger partial charge on any atom is 0.190 e. The Balaban J connectivity index is 2.01. The highest BCUT2D eigenvalue weighted by Gasteiger charge is 2.17. The highest BCUT2D eigenvalue weighted by atomic mass is 35.5. The zero-order chi connectivity index (χ0) is 19.2. The van der Waals surface area contributed by atoms with Crippen LogP contribution < -0.4 is 5.32 Å². The molecule has 0 unspecified atom stereocenters. The molecule has 0 saturated carbocycles. The summed E-state index contributed by atoms with van der Waals surface area (Å²) < 4.78 is 0. The Morgan fingerprint density at radius 2 is 1.78 bits per heavy atom. The van der Waals surface area contributed by atoms with Gasteiger partial charge in [-0.3, -0.25) is 0 Å². The van der Waals surface area contributed by atoms with Crippen molar-refractivity contribution in [3.63, 3.8) is 0 Å². The number of aromatic nitrogens is 2. The molecule has 27 heavy (non-hydrogen) atoms. The van der Waals surface area contributed by atoms with Crippen LogP contribution in [0.2, 0.25) is 5.02 Å². The summed E-state index contributed by atoms with van der Waals surface area (Å²) in [6, 6.07) is 19.9. The van der Waals surface area contributed by atoms with E-state index in [1.54, 1.807) is 23.9 Å². The van der Waals surface area contributed by atoms with Gasteiger partial charge in [-0.15, -0.1) is 0 Å². The van der Waals surface area contributed by atoms with Gasteiger partial charge in [0.05, 0.1) is 5.69 Å². The predicted molar refractivity (Wildman–Crippen MR) is 112 cm³/mol. The molecule has 3 rings (SSSR count). The van der Waals surface area contributed by atoms with E-state index >= 15 is 0 Å². The fourth-order valence-electron chi connectivity index (χ4n) is 2.53. The second kappa shape index (κ2) is 8.90. The van der Waals surface area contributed by atoms with E-state index in [1.165, 1.54) is 5.56 Å². The molecule has 6 heteroatoms. The van der Waals surface area contributed by atoms with Gasteiger partial charge in [0.15, 0.2) is 5.16 Å². The Kier molecular flexibility index (Phi) is 6.33. The van der Waals surface area contributed by atoms with Crippen molar-refractivity contribution in [1.82, 2.24) is 9.97 Å². The van der Waals surface area contributed by atoms with Crippen molar-refractivity contribution in [3.8, 4) is 17.3 Å². The van der Waals surface area contributed by atoms with Crippen LogP contribution in [-0.4, -0.2) is 16.0 Å². The third kappa shape index (κ3) is 5.00. The van der Waals surface area contributed by atoms with Gasteiger partial charge in [0, 0.05) is 22.4 Å². The average Bonchev–Trinajstić information content (AvgIpc) is 2.67. The average molecular weight is 395 g/mol. The van der Waals surface area contributed by atoms with Crippen molar-refractivity contribution in [1.29, 1.82) is 5.26 Å². The first-order valence-electron chi connectivity index (χ1n) is 8.58. The van der Waals surface area contributed by atoms with Gasteiger partial charge in [-0.25, -0.2) is 9.97 Å². The van der Waals surface area contributed by atoms with E-state index in [9.17, 15) is 5.26 Å². The molecule has 0 aliphatic carbocycles. The second-order valence-electron chi connectivity index (χ2n) is 6.27. The first kappa shape index (κ1) is 19.2. The van der Waals surface area contributed by atoms with E-state index in [-0.39, 0.29) is 6.04 Å². The van der Waals surface area contributed by atoms with Crippen LogP contribution in [0.15, 0.2) is 59.8 Å². The summed E-state index contributed by atoms with van der Waals surface area (Å²) in [5.41, 5.74) is 3.09. The van der Waals surface area contributed by atoms with E-state index < -0.39 is 0 Å². The van der Waals surface area contributed by atoms with Crippen molar-refractivity contribution in [2.45, 2.75) is 30.8 Å². The van der Waals surface area contributed by atoms with Crippen LogP contribution >= 0.6 is 23.4 Å². The minimum atomic E-state index is 0.150. The van der Waals surface area contributed by atoms with Crippen LogP contribution in [0.4, 0.5) is 5.82 Å². The van der Waals surface area contributed by atoms with Gasteiger partial charge < -0.3 is 5.32 Å². The van der Waals surface area contributed by atoms with Gasteiger partial charge in [-0.05, 0) is 31.5 Å². The Labute approximate surface area is 168 Å². The second-order valence-corrected chi connectivity index (χ2v) is 7.65. The summed E-state index contributed by atoms with van der Waals surface area (Å²) in [6.07, 6.45) is 0. The molecule has 0 saturated heterocycles. The van der Waals surface area contributed by atoms with Gasteiger partial charge in [0.25, 0.3) is 0 Å². The molecule has 0 bridgehead atoms. The van der Waals surface area contributed by atoms with Crippen molar-refractivity contribution in [3.05, 3.63) is 70.7 Å². The molecule has 0 atom stereocenters. The molecular formula is C21H19ClN4S. The number of halogens is 1. The molecule has 0 radical (unpaired) electrons. The number of thioether (sulfide) groups is 1. The van der Waals surface area contributed by atoms with Crippen molar-refractivity contribution in [2.75, 3.05) is 5.32 Å². The summed E-state index contributed by atoms with van der Waals surface area (Å²) in [5.74, 6) is 1.32. The van der Waals surface area contributed by atoms with E-state index in [0.717, 1.165) is 11.3 Å². The molecule has 1 aromatic heterocycles. The van der Waals surface area contributed by atoms with Gasteiger partial charge in [0.1, 0.15) is 17.5 Å². The molecule has 136 valence electrons. The smallest absolute Gasteiger partial charge is 0.190 e. The van der Waals surface area contributed by atoms with Gasteiger partial charge in [-0.2, -0.15) is 5.26 Å². The maximum atomic E-state index is 9.72. The van der Waals surface area contributed by atoms with Crippen LogP contribution in [0.1, 0.15) is 25.0 Å². The number of nitriles is 1. The minimum Gasteiger partial charge on any atom is -0.367 e. The number of rotatable bonds is 6. The maximum absolute atomic E-state index is 9.72. The number of nitrogens with one attached hydrogen (secondary N) is 1. The Hall–Kier alpha value is -2.55. The van der Waals surface area contributed by atoms with Gasteiger partial charge in [-0.1, -0.05) is 65.8 Å². The lowest BCUT2D eigenvalue weighted by Crippen LogP contribution is -2.14. The van der Waals surface area contributed by atoms with Crippen LogP contribution in [-0.2, 0) is 5.75 Å². The SMILES string of the molecule is CC(C)Nc1nc(SCc2ccccc2)nc(-c2ccc(Cl)cc2)c1C#N. The lowest BCUT2D eigenvalue weighted by atomic mass is 10.1. The normalized spacial score (nSPS) is 10.6. The van der Waals surface area contributed by atoms with E-state index in [4.69, 9.17) is 11.6 Å². The summed E-state index contributed by atoms with van der Waals surface area (Å²) in [7, 11) is 0. The molecule has 4 nitrogen and oxygen atoms in total. The largest absolute Gasteiger partial charge is 0.367 e. The number of hydrogen-bond acceptors (Lipinski definition) is 5. The molecule has 1 heterocycles. The first-order chi connectivity index (χ1) is 13.1. The monoisotopic (exact) mass is 394 g/mol. The van der Waals surface area contributed by atoms with Crippen LogP contribution in [0.25, 0.3) is 11.3 Å². The fraction of sp³-hybridized carbons (Fsp3) is 0.190. The lowest BCUT2D eigenvalue weighted by molar-refractivity contribution is 0.866. The molecule has 0 fully saturated rings. The summed E-state index contributed by atoms with van der Waals surface area (Å²) >= 11 is 7.56. The molecule has 2 aromatic carbocycles. The number of anilines is 1. The van der Waals surface area contributed by atoms with Crippen LogP contribution in [0.5, 0.6) is 0 Å². The highest BCUT2D eigenvalue weighted by Crippen LogP contribution is 2.31. The molecule has 0 aliphatic heterocycles. The molecule has 1 N–H and O–H groups in total. The van der Waals surface area contributed by atoms with E-state index in [1.807, 2.05) is 44.2 Å². The molecule has 3 aromatic rings. The third-order valence-electron chi connectivity index (χ3n) is 3.75.